The van der Waals surface area contributed by atoms with E-state index in [2.05, 4.69) is 77.5 Å². The van der Waals surface area contributed by atoms with Crippen molar-refractivity contribution in [3.05, 3.63) is 145 Å². The van der Waals surface area contributed by atoms with Gasteiger partial charge in [0.1, 0.15) is 6.61 Å². The molecule has 0 aromatic heterocycles. The zero-order valence-electron chi connectivity index (χ0n) is 32.4. The summed E-state index contributed by atoms with van der Waals surface area (Å²) in [6.45, 7) is 14.7. The largest absolute Gasteiger partial charge is 0.400 e. The van der Waals surface area contributed by atoms with Crippen molar-refractivity contribution in [1.82, 2.24) is 0 Å². The van der Waals surface area contributed by atoms with E-state index in [4.69, 9.17) is 25.5 Å². The molecule has 4 aromatic rings. The Labute approximate surface area is 324 Å². The molecule has 6 nitrogen and oxygen atoms in total. The van der Waals surface area contributed by atoms with Crippen LogP contribution in [0.3, 0.4) is 0 Å². The van der Waals surface area contributed by atoms with Gasteiger partial charge in [0.15, 0.2) is 0 Å². The van der Waals surface area contributed by atoms with Gasteiger partial charge in [-0.3, -0.25) is 0 Å². The van der Waals surface area contributed by atoms with Crippen LogP contribution in [-0.4, -0.2) is 73.8 Å². The van der Waals surface area contributed by atoms with Crippen molar-refractivity contribution in [2.24, 2.45) is 0 Å². The molecule has 0 heterocycles. The molecule has 0 bridgehead atoms. The molecule has 9 heteroatoms. The Balaban J connectivity index is -0.0000000561. The molecule has 4 aromatic carbocycles. The molecule has 0 aliphatic rings. The third-order valence-corrected chi connectivity index (χ3v) is 3.79. The zero-order valence-corrected chi connectivity index (χ0v) is 35.3. The first-order valence-electron chi connectivity index (χ1n) is 15.8. The zero-order chi connectivity index (χ0) is 39.3. The minimum atomic E-state index is -3.36. The van der Waals surface area contributed by atoms with E-state index in [0.717, 1.165) is 42.0 Å². The molecular weight excluding hydrogens is 703 g/mol. The van der Waals surface area contributed by atoms with Gasteiger partial charge in [0, 0.05) is 68.3 Å². The molecule has 0 unspecified atom stereocenters. The Morgan fingerprint density at radius 3 is 0.837 bits per heavy atom. The fourth-order valence-corrected chi connectivity index (χ4v) is 2.18. The fraction of sp³-hybridized carbons (Fsp3) is 0.400. The maximum atomic E-state index is 11.4. The first-order chi connectivity index (χ1) is 23.6. The number of benzene rings is 4. The van der Waals surface area contributed by atoms with Crippen molar-refractivity contribution >= 4 is 0 Å². The molecule has 49 heavy (non-hydrogen) atoms. The van der Waals surface area contributed by atoms with Gasteiger partial charge in [0.05, 0.1) is 0 Å². The molecule has 4 rings (SSSR count). The van der Waals surface area contributed by atoms with Gasteiger partial charge >= 0.3 is 6.11 Å². The van der Waals surface area contributed by atoms with Gasteiger partial charge in [-0.05, 0) is 17.5 Å². The molecule has 0 amide bonds. The SMILES string of the molecule is CC.CC.CC.CC.CO.CO.CO.CO.COC(F)(F)CO.[Y].[c-]1ccccc1.[c-]1ccccc1.c1ccc(Cc2ccccc2)cc1. The molecule has 0 spiro atoms. The molecular formula is C40H68F2O6Y-2. The maximum Gasteiger partial charge on any atom is 0.378 e. The van der Waals surface area contributed by atoms with Gasteiger partial charge in [-0.25, -0.2) is 0 Å². The number of aliphatic hydroxyl groups excluding tert-OH is 5. The van der Waals surface area contributed by atoms with Gasteiger partial charge in [0.25, 0.3) is 0 Å². The topological polar surface area (TPSA) is 110 Å². The van der Waals surface area contributed by atoms with Gasteiger partial charge < -0.3 is 30.3 Å². The minimum Gasteiger partial charge on any atom is -0.400 e. The summed E-state index contributed by atoms with van der Waals surface area (Å²) in [6.07, 6.45) is -2.33. The van der Waals surface area contributed by atoms with Gasteiger partial charge in [0.2, 0.25) is 0 Å². The van der Waals surface area contributed by atoms with Crippen LogP contribution in [-0.2, 0) is 43.9 Å². The van der Waals surface area contributed by atoms with Crippen molar-refractivity contribution in [2.75, 3.05) is 42.2 Å². The van der Waals surface area contributed by atoms with Gasteiger partial charge in [-0.15, -0.1) is 0 Å². The van der Waals surface area contributed by atoms with Gasteiger partial charge in [-0.2, -0.15) is 81.6 Å². The number of aliphatic hydroxyl groups is 5. The van der Waals surface area contributed by atoms with Gasteiger partial charge in [-0.1, -0.05) is 116 Å². The minimum absolute atomic E-state index is 0. The summed E-state index contributed by atoms with van der Waals surface area (Å²) in [4.78, 5) is 0. The quantitative estimate of drug-likeness (QED) is 0.133. The second-order valence-electron chi connectivity index (χ2n) is 6.30. The number of hydrogen-bond donors (Lipinski definition) is 5. The number of ether oxygens (including phenoxy) is 1. The molecule has 5 N–H and O–H groups in total. The predicted molar refractivity (Wildman–Crippen MR) is 203 cm³/mol. The first-order valence-corrected chi connectivity index (χ1v) is 15.8. The Kier molecular flexibility index (Phi) is 106. The van der Waals surface area contributed by atoms with E-state index in [1.54, 1.807) is 0 Å². The van der Waals surface area contributed by atoms with Crippen LogP contribution in [0.5, 0.6) is 0 Å². The van der Waals surface area contributed by atoms with Crippen molar-refractivity contribution in [3.8, 4) is 0 Å². The summed E-state index contributed by atoms with van der Waals surface area (Å²) in [7, 11) is 4.83. The summed E-state index contributed by atoms with van der Waals surface area (Å²) >= 11 is 0. The van der Waals surface area contributed by atoms with E-state index < -0.39 is 12.7 Å². The van der Waals surface area contributed by atoms with E-state index in [1.807, 2.05) is 116 Å². The number of methoxy groups -OCH3 is 1. The third kappa shape index (κ3) is 68.4. The molecule has 283 valence electrons. The van der Waals surface area contributed by atoms with Crippen LogP contribution in [0.4, 0.5) is 8.78 Å². The van der Waals surface area contributed by atoms with Crippen molar-refractivity contribution < 1.29 is 71.8 Å². The summed E-state index contributed by atoms with van der Waals surface area (Å²) in [5.41, 5.74) is 2.74. The predicted octanol–water partition coefficient (Wildman–Crippen LogP) is 9.01. The number of hydrogen-bond acceptors (Lipinski definition) is 6. The van der Waals surface area contributed by atoms with Crippen molar-refractivity contribution in [3.63, 3.8) is 0 Å². The first kappa shape index (κ1) is 68.5. The summed E-state index contributed by atoms with van der Waals surface area (Å²) in [5, 5.41) is 35.7. The van der Waals surface area contributed by atoms with E-state index in [0.29, 0.717) is 0 Å². The molecule has 0 aliphatic carbocycles. The Bertz CT molecular complexity index is 782. The van der Waals surface area contributed by atoms with Crippen molar-refractivity contribution in [2.45, 2.75) is 67.9 Å². The molecule has 0 aliphatic heterocycles. The molecule has 0 fully saturated rings. The molecule has 0 saturated carbocycles. The fourth-order valence-electron chi connectivity index (χ4n) is 2.18. The van der Waals surface area contributed by atoms with E-state index in [-0.39, 0.29) is 32.7 Å². The second-order valence-corrected chi connectivity index (χ2v) is 6.30. The second kappa shape index (κ2) is 75.8. The van der Waals surface area contributed by atoms with Crippen LogP contribution in [0.15, 0.2) is 121 Å². The summed E-state index contributed by atoms with van der Waals surface area (Å²) < 4.78 is 26.3. The van der Waals surface area contributed by atoms with Crippen LogP contribution in [0.25, 0.3) is 0 Å². The van der Waals surface area contributed by atoms with Crippen LogP contribution >= 0.6 is 0 Å². The number of alkyl halides is 2. The van der Waals surface area contributed by atoms with Crippen LogP contribution in [0, 0.1) is 12.1 Å². The standard InChI is InChI=1S/C13H12.2C6H5.C3H6F2O2.4C2H6.4CH4O.Y/c1-3-7-12(8-4-1)11-13-9-5-2-6-10-13;2*1-2-4-6-5-3-1;1-7-3(4,5)2-6;8*1-2;/h1-10H,11H2;2*1-5H;6H,2H2,1H3;4*1-2H3;4*2H,1H3;/q;2*-1;;;;;;;;;;. The average Bonchev–Trinajstić information content (AvgIpc) is 3.24. The Morgan fingerprint density at radius 1 is 0.490 bits per heavy atom. The summed E-state index contributed by atoms with van der Waals surface area (Å²) in [6, 6.07) is 46.1. The average molecular weight is 772 g/mol. The smallest absolute Gasteiger partial charge is 0.378 e. The Morgan fingerprint density at radius 2 is 0.714 bits per heavy atom. The monoisotopic (exact) mass is 771 g/mol. The van der Waals surface area contributed by atoms with Crippen LogP contribution in [0.2, 0.25) is 0 Å². The number of halogens is 2. The van der Waals surface area contributed by atoms with Crippen LogP contribution < -0.4 is 0 Å². The molecule has 0 atom stereocenters. The van der Waals surface area contributed by atoms with E-state index >= 15 is 0 Å². The number of rotatable bonds is 4. The normalized spacial score (nSPS) is 7.27. The van der Waals surface area contributed by atoms with Crippen LogP contribution in [0.1, 0.15) is 66.5 Å². The Hall–Kier alpha value is -2.40. The van der Waals surface area contributed by atoms with Crippen molar-refractivity contribution in [1.29, 1.82) is 0 Å². The van der Waals surface area contributed by atoms with E-state index in [9.17, 15) is 8.78 Å². The third-order valence-electron chi connectivity index (χ3n) is 3.79. The molecule has 1 radical (unpaired) electrons. The maximum absolute atomic E-state index is 11.4. The van der Waals surface area contributed by atoms with E-state index in [1.165, 1.54) is 11.1 Å². The summed E-state index contributed by atoms with van der Waals surface area (Å²) in [5.74, 6) is 0. The molecule has 0 saturated heterocycles.